The van der Waals surface area contributed by atoms with Crippen LogP contribution in [-0.2, 0) is 32.1 Å². The Morgan fingerprint density at radius 2 is 0.532 bits per heavy atom. The highest BCUT2D eigenvalue weighted by Crippen LogP contribution is 2.30. The maximum atomic E-state index is 6.92. The molecular weight excluding hydrogens is 569 g/mol. The first-order chi connectivity index (χ1) is 23.0. The lowest BCUT2D eigenvalue weighted by Crippen LogP contribution is -2.06. The lowest BCUT2D eigenvalue weighted by molar-refractivity contribution is 0.605. The second-order valence-corrected chi connectivity index (χ2v) is 14.9. The molecule has 47 heavy (non-hydrogen) atoms. The maximum Gasteiger partial charge on any atom is 0.0379 e. The van der Waals surface area contributed by atoms with Crippen LogP contribution in [0.5, 0.6) is 0 Å². The molecule has 2 heteroatoms. The standard InChI is InChI=1S/C45H78N2/c1-5-9-13-17-21-25-29-40-34-38(35-41(44(40)46)30-26-22-18-14-10-6-2)33-39-36-42(31-27-23-19-15-11-7-3)45(47)43(37-39)32-28-24-20-16-12-8-4/h34-37H,5-33,46-47H2,1-4H3. The Morgan fingerprint density at radius 3 is 0.766 bits per heavy atom. The van der Waals surface area contributed by atoms with Crippen molar-refractivity contribution in [2.24, 2.45) is 0 Å². The smallest absolute Gasteiger partial charge is 0.0379 e. The van der Waals surface area contributed by atoms with Gasteiger partial charge < -0.3 is 11.5 Å². The lowest BCUT2D eigenvalue weighted by Gasteiger charge is -2.17. The first kappa shape index (κ1) is 41.2. The van der Waals surface area contributed by atoms with Crippen LogP contribution in [0.3, 0.4) is 0 Å². The summed E-state index contributed by atoms with van der Waals surface area (Å²) in [5.41, 5.74) is 24.5. The average Bonchev–Trinajstić information content (AvgIpc) is 3.07. The molecule has 0 aliphatic carbocycles. The molecule has 0 bridgehead atoms. The van der Waals surface area contributed by atoms with Gasteiger partial charge in [-0.15, -0.1) is 0 Å². The van der Waals surface area contributed by atoms with E-state index in [1.807, 2.05) is 0 Å². The van der Waals surface area contributed by atoms with Gasteiger partial charge in [0.25, 0.3) is 0 Å². The van der Waals surface area contributed by atoms with Gasteiger partial charge in [0, 0.05) is 11.4 Å². The Balaban J connectivity index is 2.24. The SMILES string of the molecule is CCCCCCCCc1cc(Cc2cc(CCCCCCCC)c(N)c(CCCCCCCC)c2)cc(CCCCCCCC)c1N. The molecule has 0 amide bonds. The summed E-state index contributed by atoms with van der Waals surface area (Å²) in [5.74, 6) is 0. The van der Waals surface area contributed by atoms with Crippen molar-refractivity contribution < 1.29 is 0 Å². The Hall–Kier alpha value is -1.96. The molecule has 0 aliphatic rings. The minimum absolute atomic E-state index is 0.987. The third-order valence-electron chi connectivity index (χ3n) is 10.4. The van der Waals surface area contributed by atoms with Crippen LogP contribution in [0.2, 0.25) is 0 Å². The number of nitrogens with two attached hydrogens (primary N) is 2. The summed E-state index contributed by atoms with van der Waals surface area (Å²) in [4.78, 5) is 0. The number of unbranched alkanes of at least 4 members (excludes halogenated alkanes) is 20. The van der Waals surface area contributed by atoms with E-state index in [1.165, 1.54) is 187 Å². The minimum Gasteiger partial charge on any atom is -0.398 e. The van der Waals surface area contributed by atoms with Crippen LogP contribution in [0.1, 0.15) is 215 Å². The van der Waals surface area contributed by atoms with Gasteiger partial charge in [-0.25, -0.2) is 0 Å². The number of nitrogen functional groups attached to an aromatic ring is 2. The molecule has 2 rings (SSSR count). The van der Waals surface area contributed by atoms with Crippen molar-refractivity contribution in [2.75, 3.05) is 11.5 Å². The number of hydrogen-bond acceptors (Lipinski definition) is 2. The summed E-state index contributed by atoms with van der Waals surface area (Å²) in [6, 6.07) is 9.85. The molecule has 0 fully saturated rings. The van der Waals surface area contributed by atoms with Gasteiger partial charge in [-0.2, -0.15) is 0 Å². The minimum atomic E-state index is 0.987. The summed E-state index contributed by atoms with van der Waals surface area (Å²) < 4.78 is 0. The van der Waals surface area contributed by atoms with Crippen molar-refractivity contribution in [3.05, 3.63) is 57.6 Å². The fraction of sp³-hybridized carbons (Fsp3) is 0.733. The molecule has 0 saturated heterocycles. The molecular formula is C45H78N2. The monoisotopic (exact) mass is 647 g/mol. The van der Waals surface area contributed by atoms with Crippen LogP contribution in [0.25, 0.3) is 0 Å². The largest absolute Gasteiger partial charge is 0.398 e. The van der Waals surface area contributed by atoms with E-state index in [2.05, 4.69) is 52.0 Å². The van der Waals surface area contributed by atoms with E-state index in [4.69, 9.17) is 11.5 Å². The van der Waals surface area contributed by atoms with Gasteiger partial charge in [-0.3, -0.25) is 0 Å². The second kappa shape index (κ2) is 26.9. The van der Waals surface area contributed by atoms with Gasteiger partial charge in [-0.1, -0.05) is 180 Å². The molecule has 2 aromatic rings. The topological polar surface area (TPSA) is 52.0 Å². The predicted octanol–water partition coefficient (Wildman–Crippen LogP) is 14.1. The van der Waals surface area contributed by atoms with Gasteiger partial charge in [0.2, 0.25) is 0 Å². The molecule has 0 atom stereocenters. The van der Waals surface area contributed by atoms with Gasteiger partial charge >= 0.3 is 0 Å². The van der Waals surface area contributed by atoms with Crippen LogP contribution in [0.15, 0.2) is 24.3 Å². The first-order valence-electron chi connectivity index (χ1n) is 20.8. The molecule has 0 radical (unpaired) electrons. The van der Waals surface area contributed by atoms with Crippen LogP contribution < -0.4 is 11.5 Å². The van der Waals surface area contributed by atoms with Gasteiger partial charge in [-0.05, 0) is 91.2 Å². The van der Waals surface area contributed by atoms with Crippen LogP contribution >= 0.6 is 0 Å². The zero-order valence-electron chi connectivity index (χ0n) is 32.0. The Labute approximate surface area is 293 Å². The molecule has 268 valence electrons. The number of anilines is 2. The maximum absolute atomic E-state index is 6.92. The summed E-state index contributed by atoms with van der Waals surface area (Å²) in [7, 11) is 0. The highest BCUT2D eigenvalue weighted by Gasteiger charge is 2.13. The van der Waals surface area contributed by atoms with Gasteiger partial charge in [0.15, 0.2) is 0 Å². The molecule has 4 N–H and O–H groups in total. The predicted molar refractivity (Wildman–Crippen MR) is 213 cm³/mol. The van der Waals surface area contributed by atoms with E-state index in [0.717, 1.165) is 43.5 Å². The zero-order chi connectivity index (χ0) is 34.0. The van der Waals surface area contributed by atoms with Crippen molar-refractivity contribution in [1.82, 2.24) is 0 Å². The normalized spacial score (nSPS) is 11.5. The molecule has 0 unspecified atom stereocenters. The van der Waals surface area contributed by atoms with E-state index in [0.29, 0.717) is 0 Å². The fourth-order valence-corrected chi connectivity index (χ4v) is 7.35. The van der Waals surface area contributed by atoms with Crippen molar-refractivity contribution in [3.8, 4) is 0 Å². The van der Waals surface area contributed by atoms with Gasteiger partial charge in [0.1, 0.15) is 0 Å². The van der Waals surface area contributed by atoms with E-state index in [1.54, 1.807) is 0 Å². The van der Waals surface area contributed by atoms with Crippen molar-refractivity contribution in [3.63, 3.8) is 0 Å². The average molecular weight is 647 g/mol. The molecule has 0 aliphatic heterocycles. The third kappa shape index (κ3) is 17.8. The summed E-state index contributed by atoms with van der Waals surface area (Å²) in [6.07, 6.45) is 37.3. The Morgan fingerprint density at radius 1 is 0.319 bits per heavy atom. The number of rotatable bonds is 30. The van der Waals surface area contributed by atoms with Crippen LogP contribution in [0, 0.1) is 0 Å². The number of hydrogen-bond donors (Lipinski definition) is 2. The van der Waals surface area contributed by atoms with Crippen molar-refractivity contribution in [2.45, 2.75) is 214 Å². The lowest BCUT2D eigenvalue weighted by atomic mass is 9.90. The van der Waals surface area contributed by atoms with E-state index < -0.39 is 0 Å². The zero-order valence-corrected chi connectivity index (χ0v) is 32.0. The summed E-state index contributed by atoms with van der Waals surface area (Å²) >= 11 is 0. The van der Waals surface area contributed by atoms with E-state index >= 15 is 0 Å². The molecule has 2 aromatic carbocycles. The van der Waals surface area contributed by atoms with Crippen LogP contribution in [-0.4, -0.2) is 0 Å². The van der Waals surface area contributed by atoms with E-state index in [-0.39, 0.29) is 0 Å². The quantitative estimate of drug-likeness (QED) is 0.0655. The second-order valence-electron chi connectivity index (χ2n) is 14.9. The molecule has 0 heterocycles. The summed E-state index contributed by atoms with van der Waals surface area (Å²) in [5, 5.41) is 0. The molecule has 0 spiro atoms. The third-order valence-corrected chi connectivity index (χ3v) is 10.4. The van der Waals surface area contributed by atoms with E-state index in [9.17, 15) is 0 Å². The molecule has 2 nitrogen and oxygen atoms in total. The first-order valence-corrected chi connectivity index (χ1v) is 20.8. The van der Waals surface area contributed by atoms with Crippen molar-refractivity contribution >= 4 is 11.4 Å². The molecule has 0 saturated carbocycles. The summed E-state index contributed by atoms with van der Waals surface area (Å²) in [6.45, 7) is 9.20. The van der Waals surface area contributed by atoms with Crippen LogP contribution in [0.4, 0.5) is 11.4 Å². The number of benzene rings is 2. The van der Waals surface area contributed by atoms with Crippen molar-refractivity contribution in [1.29, 1.82) is 0 Å². The molecule has 0 aromatic heterocycles. The Bertz CT molecular complexity index is 896. The fourth-order valence-electron chi connectivity index (χ4n) is 7.35. The van der Waals surface area contributed by atoms with Gasteiger partial charge in [0.05, 0.1) is 0 Å². The number of aryl methyl sites for hydroxylation is 4. The Kier molecular flexibility index (Phi) is 23.6. The highest BCUT2D eigenvalue weighted by molar-refractivity contribution is 5.59. The highest BCUT2D eigenvalue weighted by atomic mass is 14.6.